The van der Waals surface area contributed by atoms with E-state index in [1.165, 1.54) is 18.2 Å². The van der Waals surface area contributed by atoms with Crippen LogP contribution in [-0.4, -0.2) is 6.61 Å². The van der Waals surface area contributed by atoms with Gasteiger partial charge in [0.2, 0.25) is 0 Å². The van der Waals surface area contributed by atoms with Gasteiger partial charge in [0, 0.05) is 17.8 Å². The van der Waals surface area contributed by atoms with Crippen LogP contribution >= 0.6 is 0 Å². The largest absolute Gasteiger partial charge is 0.492 e. The molecule has 0 unspecified atom stereocenters. The molecule has 21 heavy (non-hydrogen) atoms. The molecule has 0 aliphatic rings. The predicted molar refractivity (Wildman–Crippen MR) is 71.6 cm³/mol. The van der Waals surface area contributed by atoms with E-state index in [-0.39, 0.29) is 11.8 Å². The molecule has 2 aromatic carbocycles. The number of nitrogens with one attached hydrogen (secondary N) is 1. The van der Waals surface area contributed by atoms with Gasteiger partial charge in [0.15, 0.2) is 23.3 Å². The molecular weight excluding hydrogens is 288 g/mol. The van der Waals surface area contributed by atoms with Gasteiger partial charge in [-0.05, 0) is 19.1 Å². The Morgan fingerprint density at radius 3 is 2.24 bits per heavy atom. The summed E-state index contributed by atoms with van der Waals surface area (Å²) in [7, 11) is 0. The molecule has 3 nitrogen and oxygen atoms in total. The monoisotopic (exact) mass is 300 g/mol. The van der Waals surface area contributed by atoms with E-state index in [0.717, 1.165) is 0 Å². The van der Waals surface area contributed by atoms with E-state index in [4.69, 9.17) is 10.5 Å². The minimum atomic E-state index is -1.51. The molecule has 0 aliphatic carbocycles. The number of ether oxygens (including phenoxy) is 1. The molecule has 0 aromatic heterocycles. The maximum Gasteiger partial charge on any atom is 0.185 e. The van der Waals surface area contributed by atoms with Gasteiger partial charge >= 0.3 is 0 Å². The van der Waals surface area contributed by atoms with Gasteiger partial charge in [-0.3, -0.25) is 0 Å². The van der Waals surface area contributed by atoms with Crippen molar-refractivity contribution < 1.29 is 22.3 Å². The Morgan fingerprint density at radius 2 is 1.67 bits per heavy atom. The average Bonchev–Trinajstić information content (AvgIpc) is 2.45. The van der Waals surface area contributed by atoms with Crippen molar-refractivity contribution in [2.45, 2.75) is 6.92 Å². The fourth-order valence-corrected chi connectivity index (χ4v) is 1.72. The van der Waals surface area contributed by atoms with Crippen LogP contribution in [0, 0.1) is 23.3 Å². The molecule has 3 N–H and O–H groups in total. The molecule has 0 amide bonds. The lowest BCUT2D eigenvalue weighted by molar-refractivity contribution is 0.342. The first-order valence-corrected chi connectivity index (χ1v) is 6.06. The van der Waals surface area contributed by atoms with Gasteiger partial charge in [-0.2, -0.15) is 0 Å². The number of benzene rings is 2. The van der Waals surface area contributed by atoms with Gasteiger partial charge in [-0.15, -0.1) is 0 Å². The van der Waals surface area contributed by atoms with E-state index in [2.05, 4.69) is 5.32 Å². The number of nitrogen functional groups attached to an aromatic ring is 1. The second-order valence-electron chi connectivity index (χ2n) is 4.15. The Balaban J connectivity index is 2.41. The van der Waals surface area contributed by atoms with E-state index in [9.17, 15) is 17.6 Å². The van der Waals surface area contributed by atoms with E-state index >= 15 is 0 Å². The second kappa shape index (κ2) is 5.90. The summed E-state index contributed by atoms with van der Waals surface area (Å²) in [6.07, 6.45) is 0. The van der Waals surface area contributed by atoms with Crippen molar-refractivity contribution in [3.63, 3.8) is 0 Å². The summed E-state index contributed by atoms with van der Waals surface area (Å²) in [5.41, 5.74) is 5.24. The van der Waals surface area contributed by atoms with E-state index in [1.54, 1.807) is 6.92 Å². The summed E-state index contributed by atoms with van der Waals surface area (Å²) in [5.74, 6) is -5.71. The summed E-state index contributed by atoms with van der Waals surface area (Å²) in [6.45, 7) is 2.08. The third kappa shape index (κ3) is 3.01. The Labute approximate surface area is 118 Å². The summed E-state index contributed by atoms with van der Waals surface area (Å²) >= 11 is 0. The van der Waals surface area contributed by atoms with Crippen LogP contribution in [0.1, 0.15) is 6.92 Å². The number of hydrogen-bond donors (Lipinski definition) is 2. The first kappa shape index (κ1) is 15.0. The molecular formula is C14H12F4N2O. The van der Waals surface area contributed by atoms with Crippen molar-refractivity contribution >= 4 is 17.1 Å². The minimum absolute atomic E-state index is 0.143. The summed E-state index contributed by atoms with van der Waals surface area (Å²) in [6, 6.07) is 4.36. The summed E-state index contributed by atoms with van der Waals surface area (Å²) in [5, 5.41) is 2.28. The normalized spacial score (nSPS) is 10.5. The average molecular weight is 300 g/mol. The van der Waals surface area contributed by atoms with Gasteiger partial charge in [0.25, 0.3) is 0 Å². The molecule has 7 heteroatoms. The highest BCUT2D eigenvalue weighted by Gasteiger charge is 2.19. The zero-order valence-corrected chi connectivity index (χ0v) is 11.0. The highest BCUT2D eigenvalue weighted by Crippen LogP contribution is 2.31. The smallest absolute Gasteiger partial charge is 0.185 e. The van der Waals surface area contributed by atoms with Crippen molar-refractivity contribution in [3.05, 3.63) is 47.5 Å². The molecule has 0 spiro atoms. The molecule has 112 valence electrons. The topological polar surface area (TPSA) is 47.3 Å². The molecule has 2 rings (SSSR count). The fraction of sp³-hybridized carbons (Fsp3) is 0.143. The number of nitrogens with two attached hydrogens (primary N) is 1. The number of hydrogen-bond acceptors (Lipinski definition) is 3. The van der Waals surface area contributed by atoms with Crippen molar-refractivity contribution in [1.82, 2.24) is 0 Å². The highest BCUT2D eigenvalue weighted by atomic mass is 19.2. The standard InChI is InChI=1S/C14H12F4N2O/c1-2-21-11-5-7(3-4-10(11)19)20-14-12(17)8(15)6-9(16)13(14)18/h3-6,20H,2,19H2,1H3. The molecule has 0 atom stereocenters. The van der Waals surface area contributed by atoms with Crippen LogP contribution < -0.4 is 15.8 Å². The van der Waals surface area contributed by atoms with Gasteiger partial charge < -0.3 is 15.8 Å². The zero-order valence-electron chi connectivity index (χ0n) is 11.0. The molecule has 0 heterocycles. The highest BCUT2D eigenvalue weighted by molar-refractivity contribution is 5.67. The van der Waals surface area contributed by atoms with Crippen molar-refractivity contribution in [1.29, 1.82) is 0 Å². The van der Waals surface area contributed by atoms with Crippen molar-refractivity contribution in [3.8, 4) is 5.75 Å². The van der Waals surface area contributed by atoms with Crippen LogP contribution in [-0.2, 0) is 0 Å². The van der Waals surface area contributed by atoms with Crippen molar-refractivity contribution in [2.75, 3.05) is 17.7 Å². The lowest BCUT2D eigenvalue weighted by Crippen LogP contribution is -2.04. The molecule has 0 fully saturated rings. The minimum Gasteiger partial charge on any atom is -0.492 e. The third-order valence-electron chi connectivity index (χ3n) is 2.69. The fourth-order valence-electron chi connectivity index (χ4n) is 1.72. The van der Waals surface area contributed by atoms with Gasteiger partial charge in [-0.1, -0.05) is 0 Å². The Kier molecular flexibility index (Phi) is 4.21. The first-order chi connectivity index (χ1) is 9.93. The van der Waals surface area contributed by atoms with Crippen molar-refractivity contribution in [2.24, 2.45) is 0 Å². The van der Waals surface area contributed by atoms with Crippen LogP contribution in [0.5, 0.6) is 5.75 Å². The Morgan fingerprint density at radius 1 is 1.05 bits per heavy atom. The maximum absolute atomic E-state index is 13.6. The molecule has 0 aliphatic heterocycles. The Hall–Kier alpha value is -2.44. The predicted octanol–water partition coefficient (Wildman–Crippen LogP) is 3.97. The lowest BCUT2D eigenvalue weighted by Gasteiger charge is -2.12. The number of anilines is 3. The van der Waals surface area contributed by atoms with Gasteiger partial charge in [0.05, 0.1) is 12.3 Å². The van der Waals surface area contributed by atoms with Gasteiger partial charge in [0.1, 0.15) is 11.4 Å². The van der Waals surface area contributed by atoms with Crippen LogP contribution in [0.15, 0.2) is 24.3 Å². The van der Waals surface area contributed by atoms with Crippen LogP contribution in [0.3, 0.4) is 0 Å². The molecule has 0 saturated carbocycles. The zero-order chi connectivity index (χ0) is 15.6. The first-order valence-electron chi connectivity index (χ1n) is 6.06. The van der Waals surface area contributed by atoms with Gasteiger partial charge in [-0.25, -0.2) is 17.6 Å². The van der Waals surface area contributed by atoms with Crippen LogP contribution in [0.2, 0.25) is 0 Å². The molecule has 2 aromatic rings. The molecule has 0 radical (unpaired) electrons. The molecule has 0 saturated heterocycles. The maximum atomic E-state index is 13.6. The van der Waals surface area contributed by atoms with Crippen LogP contribution in [0.25, 0.3) is 0 Å². The summed E-state index contributed by atoms with van der Waals surface area (Å²) in [4.78, 5) is 0. The SMILES string of the molecule is CCOc1cc(Nc2c(F)c(F)cc(F)c2F)ccc1N. The lowest BCUT2D eigenvalue weighted by atomic mass is 10.2. The summed E-state index contributed by atoms with van der Waals surface area (Å²) < 4.78 is 58.6. The molecule has 0 bridgehead atoms. The van der Waals surface area contributed by atoms with E-state index in [1.807, 2.05) is 0 Å². The Bertz CT molecular complexity index is 650. The number of rotatable bonds is 4. The van der Waals surface area contributed by atoms with E-state index in [0.29, 0.717) is 18.0 Å². The second-order valence-corrected chi connectivity index (χ2v) is 4.15. The van der Waals surface area contributed by atoms with Crippen LogP contribution in [0.4, 0.5) is 34.6 Å². The van der Waals surface area contributed by atoms with E-state index < -0.39 is 29.0 Å². The third-order valence-corrected chi connectivity index (χ3v) is 2.69. The quantitative estimate of drug-likeness (QED) is 0.510. The number of halogens is 4.